The van der Waals surface area contributed by atoms with Crippen LogP contribution in [0.1, 0.15) is 31.0 Å². The molecule has 1 unspecified atom stereocenters. The first-order valence-electron chi connectivity index (χ1n) is 5.14. The SMILES string of the molecule is Cc1ccccc1C(C)NC(=O)[C@@H](C)N. The summed E-state index contributed by atoms with van der Waals surface area (Å²) in [7, 11) is 0. The van der Waals surface area contributed by atoms with Crippen molar-refractivity contribution in [3.05, 3.63) is 35.4 Å². The van der Waals surface area contributed by atoms with E-state index in [0.29, 0.717) is 0 Å². The largest absolute Gasteiger partial charge is 0.348 e. The second-order valence-electron chi connectivity index (χ2n) is 3.88. The third-order valence-corrected chi connectivity index (χ3v) is 2.43. The predicted molar refractivity (Wildman–Crippen MR) is 61.4 cm³/mol. The Balaban J connectivity index is 2.73. The number of carbonyl (C=O) groups excluding carboxylic acids is 1. The Morgan fingerprint density at radius 2 is 1.93 bits per heavy atom. The molecule has 0 aliphatic rings. The lowest BCUT2D eigenvalue weighted by atomic mass is 10.0. The zero-order chi connectivity index (χ0) is 11.4. The van der Waals surface area contributed by atoms with Crippen LogP contribution in [0.3, 0.4) is 0 Å². The van der Waals surface area contributed by atoms with Gasteiger partial charge in [-0.2, -0.15) is 0 Å². The molecule has 0 aromatic heterocycles. The van der Waals surface area contributed by atoms with Gasteiger partial charge in [0, 0.05) is 0 Å². The van der Waals surface area contributed by atoms with E-state index < -0.39 is 6.04 Å². The fourth-order valence-electron chi connectivity index (χ4n) is 1.50. The first kappa shape index (κ1) is 11.7. The van der Waals surface area contributed by atoms with Crippen LogP contribution in [0.2, 0.25) is 0 Å². The van der Waals surface area contributed by atoms with Crippen molar-refractivity contribution in [3.63, 3.8) is 0 Å². The van der Waals surface area contributed by atoms with Crippen LogP contribution in [-0.2, 0) is 4.79 Å². The molecule has 0 heterocycles. The van der Waals surface area contributed by atoms with Gasteiger partial charge in [0.05, 0.1) is 12.1 Å². The van der Waals surface area contributed by atoms with Gasteiger partial charge < -0.3 is 11.1 Å². The first-order valence-corrected chi connectivity index (χ1v) is 5.14. The number of nitrogens with one attached hydrogen (secondary N) is 1. The molecule has 0 radical (unpaired) electrons. The van der Waals surface area contributed by atoms with Gasteiger partial charge in [-0.3, -0.25) is 4.79 Å². The Morgan fingerprint density at radius 1 is 1.33 bits per heavy atom. The normalized spacial score (nSPS) is 14.4. The highest BCUT2D eigenvalue weighted by atomic mass is 16.2. The minimum absolute atomic E-state index is 0.00435. The Labute approximate surface area is 90.7 Å². The molecule has 1 aromatic carbocycles. The van der Waals surface area contributed by atoms with E-state index >= 15 is 0 Å². The van der Waals surface area contributed by atoms with Crippen LogP contribution in [0.4, 0.5) is 0 Å². The first-order chi connectivity index (χ1) is 7.02. The fraction of sp³-hybridized carbons (Fsp3) is 0.417. The predicted octanol–water partition coefficient (Wildman–Crippen LogP) is 1.52. The summed E-state index contributed by atoms with van der Waals surface area (Å²) in [4.78, 5) is 11.4. The monoisotopic (exact) mass is 206 g/mol. The third kappa shape index (κ3) is 3.06. The molecule has 0 saturated carbocycles. The van der Waals surface area contributed by atoms with Crippen LogP contribution < -0.4 is 11.1 Å². The van der Waals surface area contributed by atoms with Crippen LogP contribution in [0, 0.1) is 6.92 Å². The van der Waals surface area contributed by atoms with Crippen molar-refractivity contribution >= 4 is 5.91 Å². The van der Waals surface area contributed by atoms with Gasteiger partial charge in [-0.1, -0.05) is 24.3 Å². The summed E-state index contributed by atoms with van der Waals surface area (Å²) in [6.45, 7) is 5.67. The van der Waals surface area contributed by atoms with Crippen molar-refractivity contribution in [2.75, 3.05) is 0 Å². The van der Waals surface area contributed by atoms with Gasteiger partial charge in [-0.15, -0.1) is 0 Å². The summed E-state index contributed by atoms with van der Waals surface area (Å²) in [5, 5.41) is 2.87. The minimum Gasteiger partial charge on any atom is -0.348 e. The number of carbonyl (C=O) groups is 1. The van der Waals surface area contributed by atoms with Crippen molar-refractivity contribution < 1.29 is 4.79 Å². The van der Waals surface area contributed by atoms with Crippen molar-refractivity contribution in [3.8, 4) is 0 Å². The number of rotatable bonds is 3. The van der Waals surface area contributed by atoms with Crippen LogP contribution in [0.15, 0.2) is 24.3 Å². The zero-order valence-electron chi connectivity index (χ0n) is 9.45. The fourth-order valence-corrected chi connectivity index (χ4v) is 1.50. The molecule has 0 fully saturated rings. The highest BCUT2D eigenvalue weighted by Crippen LogP contribution is 2.16. The van der Waals surface area contributed by atoms with Gasteiger partial charge >= 0.3 is 0 Å². The molecule has 0 spiro atoms. The number of benzene rings is 1. The summed E-state index contributed by atoms with van der Waals surface area (Å²) in [5.41, 5.74) is 7.80. The van der Waals surface area contributed by atoms with Crippen molar-refractivity contribution in [1.29, 1.82) is 0 Å². The van der Waals surface area contributed by atoms with Crippen molar-refractivity contribution in [2.24, 2.45) is 5.73 Å². The second-order valence-corrected chi connectivity index (χ2v) is 3.88. The zero-order valence-corrected chi connectivity index (χ0v) is 9.45. The number of aryl methyl sites for hydroxylation is 1. The molecule has 1 rings (SSSR count). The summed E-state index contributed by atoms with van der Waals surface area (Å²) in [5.74, 6) is -0.120. The molecule has 15 heavy (non-hydrogen) atoms. The maximum Gasteiger partial charge on any atom is 0.237 e. The highest BCUT2D eigenvalue weighted by Gasteiger charge is 2.13. The summed E-state index contributed by atoms with van der Waals surface area (Å²) >= 11 is 0. The Bertz CT molecular complexity index is 347. The van der Waals surface area contributed by atoms with Crippen LogP contribution >= 0.6 is 0 Å². The van der Waals surface area contributed by atoms with E-state index in [1.165, 1.54) is 5.56 Å². The van der Waals surface area contributed by atoms with Gasteiger partial charge in [0.15, 0.2) is 0 Å². The number of hydrogen-bond donors (Lipinski definition) is 2. The van der Waals surface area contributed by atoms with Gasteiger partial charge in [0.25, 0.3) is 0 Å². The lowest BCUT2D eigenvalue weighted by Gasteiger charge is -2.17. The second kappa shape index (κ2) is 4.94. The van der Waals surface area contributed by atoms with Crippen LogP contribution in [0.5, 0.6) is 0 Å². The Kier molecular flexibility index (Phi) is 3.86. The molecule has 0 bridgehead atoms. The van der Waals surface area contributed by atoms with E-state index in [2.05, 4.69) is 5.32 Å². The minimum atomic E-state index is -0.462. The molecule has 3 heteroatoms. The van der Waals surface area contributed by atoms with Gasteiger partial charge in [0.1, 0.15) is 0 Å². The molecule has 0 aliphatic carbocycles. The molecular formula is C12H18N2O. The molecule has 1 aromatic rings. The molecule has 2 atom stereocenters. The maximum absolute atomic E-state index is 11.4. The number of nitrogens with two attached hydrogens (primary N) is 1. The average Bonchev–Trinajstić information content (AvgIpc) is 2.18. The average molecular weight is 206 g/mol. The molecular weight excluding hydrogens is 188 g/mol. The van der Waals surface area contributed by atoms with E-state index in [0.717, 1.165) is 5.56 Å². The van der Waals surface area contributed by atoms with Crippen LogP contribution in [0.25, 0.3) is 0 Å². The van der Waals surface area contributed by atoms with E-state index in [-0.39, 0.29) is 11.9 Å². The standard InChI is InChI=1S/C12H18N2O/c1-8-6-4-5-7-11(8)10(3)14-12(15)9(2)13/h4-7,9-10H,13H2,1-3H3,(H,14,15)/t9-,10?/m1/s1. The Morgan fingerprint density at radius 3 is 2.47 bits per heavy atom. The lowest BCUT2D eigenvalue weighted by molar-refractivity contribution is -0.122. The van der Waals surface area contributed by atoms with E-state index in [9.17, 15) is 4.79 Å². The number of hydrogen-bond acceptors (Lipinski definition) is 2. The molecule has 0 aliphatic heterocycles. The number of amides is 1. The molecule has 3 nitrogen and oxygen atoms in total. The summed E-state index contributed by atoms with van der Waals surface area (Å²) in [6, 6.07) is 7.54. The molecule has 3 N–H and O–H groups in total. The quantitative estimate of drug-likeness (QED) is 0.787. The smallest absolute Gasteiger partial charge is 0.237 e. The molecule has 82 valence electrons. The summed E-state index contributed by atoms with van der Waals surface area (Å²) in [6.07, 6.45) is 0. The summed E-state index contributed by atoms with van der Waals surface area (Å²) < 4.78 is 0. The van der Waals surface area contributed by atoms with Crippen molar-refractivity contribution in [1.82, 2.24) is 5.32 Å². The van der Waals surface area contributed by atoms with E-state index in [1.54, 1.807) is 6.92 Å². The van der Waals surface area contributed by atoms with Crippen molar-refractivity contribution in [2.45, 2.75) is 32.9 Å². The molecule has 0 saturated heterocycles. The van der Waals surface area contributed by atoms with E-state index in [1.807, 2.05) is 38.1 Å². The van der Waals surface area contributed by atoms with Gasteiger partial charge in [-0.05, 0) is 31.9 Å². The topological polar surface area (TPSA) is 55.1 Å². The van der Waals surface area contributed by atoms with E-state index in [4.69, 9.17) is 5.73 Å². The van der Waals surface area contributed by atoms with Gasteiger partial charge in [-0.25, -0.2) is 0 Å². The Hall–Kier alpha value is -1.35. The van der Waals surface area contributed by atoms with Crippen LogP contribution in [-0.4, -0.2) is 11.9 Å². The maximum atomic E-state index is 11.4. The highest BCUT2D eigenvalue weighted by molar-refractivity contribution is 5.81. The lowest BCUT2D eigenvalue weighted by Crippen LogP contribution is -2.39. The third-order valence-electron chi connectivity index (χ3n) is 2.43. The van der Waals surface area contributed by atoms with Gasteiger partial charge in [0.2, 0.25) is 5.91 Å². The molecule has 1 amide bonds.